The first kappa shape index (κ1) is 38.6. The monoisotopic (exact) mass is 748 g/mol. The summed E-state index contributed by atoms with van der Waals surface area (Å²) in [5, 5.41) is 18.4. The normalized spacial score (nSPS) is 20.0. The molecule has 0 amide bonds. The number of tetrazole rings is 1. The van der Waals surface area contributed by atoms with Gasteiger partial charge in [-0.3, -0.25) is 0 Å². The molecule has 0 aliphatic carbocycles. The molecule has 1 fully saturated rings. The number of benzene rings is 3. The van der Waals surface area contributed by atoms with Crippen molar-refractivity contribution in [2.24, 2.45) is 0 Å². The molecule has 286 valence electrons. The van der Waals surface area contributed by atoms with E-state index in [1.807, 2.05) is 49.4 Å². The van der Waals surface area contributed by atoms with Crippen LogP contribution in [0, 0.1) is 6.92 Å². The van der Waals surface area contributed by atoms with Gasteiger partial charge in [-0.1, -0.05) is 48.0 Å². The summed E-state index contributed by atoms with van der Waals surface area (Å²) in [6.45, 7) is 8.29. The van der Waals surface area contributed by atoms with Crippen LogP contribution >= 0.6 is 0 Å². The molecule has 14 heteroatoms. The number of aromatic amines is 1. The fourth-order valence-corrected chi connectivity index (χ4v) is 8.72. The summed E-state index contributed by atoms with van der Waals surface area (Å²) in [5.74, 6) is 2.09. The van der Waals surface area contributed by atoms with Crippen molar-refractivity contribution in [3.63, 3.8) is 0 Å². The van der Waals surface area contributed by atoms with Gasteiger partial charge in [0.15, 0.2) is 11.3 Å². The number of methoxy groups -OCH3 is 2. The van der Waals surface area contributed by atoms with Crippen molar-refractivity contribution in [1.82, 2.24) is 25.9 Å². The number of rotatable bonds is 18. The number of aromatic nitrogens is 4. The average Bonchev–Trinajstić information content (AvgIpc) is 3.72. The van der Waals surface area contributed by atoms with E-state index in [1.165, 1.54) is 0 Å². The molecule has 2 N–H and O–H groups in total. The minimum absolute atomic E-state index is 0.0615. The Bertz CT molecular complexity index is 1830. The van der Waals surface area contributed by atoms with Gasteiger partial charge >= 0.3 is 0 Å². The van der Waals surface area contributed by atoms with Gasteiger partial charge in [-0.25, -0.2) is 8.42 Å². The van der Waals surface area contributed by atoms with Crippen molar-refractivity contribution in [2.45, 2.75) is 73.8 Å². The largest absolute Gasteiger partial charge is 0.494 e. The van der Waals surface area contributed by atoms with Crippen LogP contribution in [-0.4, -0.2) is 101 Å². The van der Waals surface area contributed by atoms with Crippen molar-refractivity contribution in [3.05, 3.63) is 89.2 Å². The number of H-pyrrole nitrogens is 1. The maximum atomic E-state index is 14.7. The number of sulfone groups is 1. The van der Waals surface area contributed by atoms with Gasteiger partial charge < -0.3 is 33.9 Å². The van der Waals surface area contributed by atoms with Crippen LogP contribution in [0.4, 0.5) is 5.69 Å². The van der Waals surface area contributed by atoms with Crippen molar-refractivity contribution >= 4 is 15.5 Å². The molecule has 5 atom stereocenters. The second-order valence-corrected chi connectivity index (χ2v) is 15.9. The van der Waals surface area contributed by atoms with E-state index in [9.17, 15) is 8.42 Å². The predicted molar refractivity (Wildman–Crippen MR) is 201 cm³/mol. The van der Waals surface area contributed by atoms with Crippen molar-refractivity contribution in [1.29, 1.82) is 0 Å². The maximum absolute atomic E-state index is 14.7. The summed E-state index contributed by atoms with van der Waals surface area (Å²) in [6, 6.07) is 20.8. The van der Waals surface area contributed by atoms with Crippen LogP contribution in [0.3, 0.4) is 0 Å². The number of nitrogens with zero attached hydrogens (tertiary/aromatic N) is 4. The number of hydrogen-bond acceptors (Lipinski definition) is 12. The van der Waals surface area contributed by atoms with Crippen LogP contribution in [0.5, 0.6) is 11.5 Å². The van der Waals surface area contributed by atoms with Gasteiger partial charge in [0.25, 0.3) is 0 Å². The zero-order valence-electron chi connectivity index (χ0n) is 31.1. The summed E-state index contributed by atoms with van der Waals surface area (Å²) in [5.41, 5.74) is 2.16. The Kier molecular flexibility index (Phi) is 13.3. The molecule has 4 aromatic rings. The molecule has 1 saturated heterocycles. The molecule has 2 unspecified atom stereocenters. The maximum Gasteiger partial charge on any atom is 0.209 e. The second kappa shape index (κ2) is 18.3. The fraction of sp³-hybridized carbons (Fsp3) is 0.513. The molecule has 0 saturated carbocycles. The molecule has 53 heavy (non-hydrogen) atoms. The number of piperidine rings is 1. The zero-order valence-corrected chi connectivity index (χ0v) is 31.9. The number of nitrogens with one attached hydrogen (secondary N) is 2. The quantitative estimate of drug-likeness (QED) is 0.126. The molecule has 3 aromatic carbocycles. The summed E-state index contributed by atoms with van der Waals surface area (Å²) >= 11 is 0. The number of anilines is 1. The van der Waals surface area contributed by atoms with Crippen molar-refractivity contribution < 1.29 is 32.1 Å². The lowest BCUT2D eigenvalue weighted by Gasteiger charge is -2.39. The Labute approximate surface area is 312 Å². The Morgan fingerprint density at radius 2 is 1.75 bits per heavy atom. The van der Waals surface area contributed by atoms with Crippen LogP contribution in [0.15, 0.2) is 71.6 Å². The number of ether oxygens (including phenoxy) is 5. The molecule has 3 heterocycles. The van der Waals surface area contributed by atoms with Crippen LogP contribution in [0.1, 0.15) is 72.4 Å². The molecule has 0 radical (unpaired) electrons. The Balaban J connectivity index is 1.33. The molecule has 13 nitrogen and oxygen atoms in total. The van der Waals surface area contributed by atoms with E-state index in [4.69, 9.17) is 23.7 Å². The molecule has 0 bridgehead atoms. The fourth-order valence-electron chi connectivity index (χ4n) is 7.16. The van der Waals surface area contributed by atoms with Crippen LogP contribution < -0.4 is 19.7 Å². The van der Waals surface area contributed by atoms with E-state index in [0.29, 0.717) is 57.3 Å². The van der Waals surface area contributed by atoms with E-state index in [2.05, 4.69) is 49.9 Å². The highest BCUT2D eigenvalue weighted by atomic mass is 32.2. The van der Waals surface area contributed by atoms with Crippen molar-refractivity contribution in [2.75, 3.05) is 65.2 Å². The number of fused-ring (bicyclic) bond motifs is 1. The van der Waals surface area contributed by atoms with Gasteiger partial charge in [0.2, 0.25) is 9.84 Å². The summed E-state index contributed by atoms with van der Waals surface area (Å²) in [7, 11) is -0.638. The smallest absolute Gasteiger partial charge is 0.209 e. The zero-order chi connectivity index (χ0) is 37.2. The number of hydrogen-bond donors (Lipinski definition) is 2. The highest BCUT2D eigenvalue weighted by Crippen LogP contribution is 2.42. The standard InChI is InChI=1S/C39H52N6O7S/c1-27-7-14-33(15-8-27)53(46,47)39(30-11-16-36-35(24-30)45(18-22-51-36)17-5-19-48-3)52-37-26-40-31(23-28(2)38-41-43-44-42-38)25-34(37)29-9-12-32(13-10-29)50-21-6-20-49-4/h7-16,24,28,31,34,37,39-40H,5-6,17-23,25-26H2,1-4H3,(H,41,42,43,44)/t28?,31-,34+,37-,39?/m0/s1. The first-order valence-electron chi connectivity index (χ1n) is 18.4. The minimum atomic E-state index is -4.01. The lowest BCUT2D eigenvalue weighted by Crippen LogP contribution is -2.48. The first-order valence-corrected chi connectivity index (χ1v) is 20.0. The van der Waals surface area contributed by atoms with Gasteiger partial charge in [0.05, 0.1) is 29.8 Å². The van der Waals surface area contributed by atoms with Gasteiger partial charge in [-0.2, -0.15) is 5.21 Å². The Hall–Kier alpha value is -4.08. The second-order valence-electron chi connectivity index (χ2n) is 13.9. The van der Waals surface area contributed by atoms with Gasteiger partial charge in [-0.15, -0.1) is 10.2 Å². The van der Waals surface area contributed by atoms with Crippen molar-refractivity contribution in [3.8, 4) is 11.5 Å². The molecule has 6 rings (SSSR count). The van der Waals surface area contributed by atoms with Crippen LogP contribution in [0.2, 0.25) is 0 Å². The van der Waals surface area contributed by atoms with E-state index < -0.39 is 21.4 Å². The van der Waals surface area contributed by atoms with Gasteiger partial charge in [0.1, 0.15) is 18.1 Å². The predicted octanol–water partition coefficient (Wildman–Crippen LogP) is 5.36. The highest BCUT2D eigenvalue weighted by Gasteiger charge is 2.40. The van der Waals surface area contributed by atoms with E-state index in [0.717, 1.165) is 54.1 Å². The topological polar surface area (TPSA) is 150 Å². The first-order chi connectivity index (χ1) is 25.8. The highest BCUT2D eigenvalue weighted by molar-refractivity contribution is 7.91. The Morgan fingerprint density at radius 3 is 2.49 bits per heavy atom. The third-order valence-corrected chi connectivity index (χ3v) is 11.9. The third-order valence-electron chi connectivity index (χ3n) is 10.0. The molecule has 1 aromatic heterocycles. The lowest BCUT2D eigenvalue weighted by molar-refractivity contribution is -0.00706. The summed E-state index contributed by atoms with van der Waals surface area (Å²) in [6.07, 6.45) is 2.64. The third kappa shape index (κ3) is 9.73. The minimum Gasteiger partial charge on any atom is -0.494 e. The molecular formula is C39H52N6O7S. The SMILES string of the molecule is COCCCOc1ccc([C@H]2C[C@H](CC(C)c3nn[nH]n3)NC[C@@H]2OC(c2ccc3c(c2)N(CCCOC)CCO3)S(=O)(=O)c2ccc(C)cc2)cc1. The summed E-state index contributed by atoms with van der Waals surface area (Å²) < 4.78 is 58.8. The molecule has 0 spiro atoms. The van der Waals surface area contributed by atoms with E-state index in [-0.39, 0.29) is 22.8 Å². The summed E-state index contributed by atoms with van der Waals surface area (Å²) in [4.78, 5) is 2.44. The molecular weight excluding hydrogens is 697 g/mol. The number of aryl methyl sites for hydroxylation is 1. The van der Waals surface area contributed by atoms with Gasteiger partial charge in [0, 0.05) is 64.8 Å². The molecule has 2 aliphatic heterocycles. The Morgan fingerprint density at radius 1 is 0.981 bits per heavy atom. The molecule has 2 aliphatic rings. The van der Waals surface area contributed by atoms with E-state index >= 15 is 0 Å². The van der Waals surface area contributed by atoms with Gasteiger partial charge in [-0.05, 0) is 73.7 Å². The van der Waals surface area contributed by atoms with Crippen LogP contribution in [0.25, 0.3) is 0 Å². The van der Waals surface area contributed by atoms with E-state index in [1.54, 1.807) is 26.4 Å². The van der Waals surface area contributed by atoms with Crippen LogP contribution in [-0.2, 0) is 24.0 Å². The average molecular weight is 749 g/mol. The lowest BCUT2D eigenvalue weighted by atomic mass is 9.81.